The number of benzene rings is 1. The molecule has 0 saturated carbocycles. The molecule has 0 spiro atoms. The Bertz CT molecular complexity index is 615. The third kappa shape index (κ3) is 4.44. The summed E-state index contributed by atoms with van der Waals surface area (Å²) >= 11 is 8.77. The number of hydrogen-bond acceptors (Lipinski definition) is 4. The van der Waals surface area contributed by atoms with E-state index in [0.29, 0.717) is 5.92 Å². The van der Waals surface area contributed by atoms with Crippen LogP contribution < -0.4 is 5.32 Å². The first-order chi connectivity index (χ1) is 10.0. The van der Waals surface area contributed by atoms with Crippen molar-refractivity contribution in [2.75, 3.05) is 12.4 Å². The van der Waals surface area contributed by atoms with Gasteiger partial charge in [-0.05, 0) is 46.1 Å². The second kappa shape index (κ2) is 7.61. The van der Waals surface area contributed by atoms with Gasteiger partial charge in [-0.25, -0.2) is 9.97 Å². The second-order valence-corrected chi connectivity index (χ2v) is 7.59. The van der Waals surface area contributed by atoms with Crippen LogP contribution in [-0.2, 0) is 5.75 Å². The molecule has 21 heavy (non-hydrogen) atoms. The maximum atomic E-state index is 4.68. The minimum atomic E-state index is 0.353. The van der Waals surface area contributed by atoms with Crippen LogP contribution in [0.1, 0.15) is 31.3 Å². The molecule has 1 heterocycles. The summed E-state index contributed by atoms with van der Waals surface area (Å²) in [4.78, 5) is 10.5. The molecule has 6 heteroatoms. The van der Waals surface area contributed by atoms with Gasteiger partial charge in [0.2, 0.25) is 0 Å². The summed E-state index contributed by atoms with van der Waals surface area (Å²) in [6.07, 6.45) is 0. The lowest BCUT2D eigenvalue weighted by Crippen LogP contribution is -2.06. The number of nitrogens with one attached hydrogen (secondary N) is 1. The zero-order chi connectivity index (χ0) is 15.4. The van der Waals surface area contributed by atoms with Gasteiger partial charge < -0.3 is 5.32 Å². The number of aromatic nitrogens is 2. The summed E-state index contributed by atoms with van der Waals surface area (Å²) in [6, 6.07) is 8.28. The molecular formula is C15H17Br2N3S. The van der Waals surface area contributed by atoms with Crippen molar-refractivity contribution in [2.45, 2.75) is 30.4 Å². The van der Waals surface area contributed by atoms with E-state index >= 15 is 0 Å². The molecule has 112 valence electrons. The molecule has 0 amide bonds. The number of nitrogens with zero attached hydrogens (tertiary/aromatic N) is 2. The van der Waals surface area contributed by atoms with E-state index in [2.05, 4.69) is 73.1 Å². The van der Waals surface area contributed by atoms with E-state index < -0.39 is 0 Å². The van der Waals surface area contributed by atoms with Crippen molar-refractivity contribution < 1.29 is 0 Å². The SMILES string of the molecule is CNc1nc(CSc2ccc(Br)cc2)nc(C(C)C)c1Br. The van der Waals surface area contributed by atoms with E-state index in [1.54, 1.807) is 11.8 Å². The molecule has 0 aliphatic rings. The third-order valence-corrected chi connectivity index (χ3v) is 5.21. The van der Waals surface area contributed by atoms with Gasteiger partial charge in [-0.1, -0.05) is 29.8 Å². The lowest BCUT2D eigenvalue weighted by molar-refractivity contribution is 0.793. The van der Waals surface area contributed by atoms with Crippen molar-refractivity contribution in [1.82, 2.24) is 9.97 Å². The van der Waals surface area contributed by atoms with Crippen molar-refractivity contribution in [1.29, 1.82) is 0 Å². The summed E-state index contributed by atoms with van der Waals surface area (Å²) < 4.78 is 2.05. The van der Waals surface area contributed by atoms with Crippen LogP contribution in [0.3, 0.4) is 0 Å². The first-order valence-electron chi connectivity index (χ1n) is 6.63. The molecule has 0 atom stereocenters. The van der Waals surface area contributed by atoms with Crippen LogP contribution in [0.15, 0.2) is 38.1 Å². The van der Waals surface area contributed by atoms with Gasteiger partial charge in [0.15, 0.2) is 0 Å². The van der Waals surface area contributed by atoms with Gasteiger partial charge in [-0.3, -0.25) is 0 Å². The maximum Gasteiger partial charge on any atom is 0.144 e. The molecule has 1 N–H and O–H groups in total. The minimum Gasteiger partial charge on any atom is -0.372 e. The van der Waals surface area contributed by atoms with Crippen LogP contribution in [0.5, 0.6) is 0 Å². The van der Waals surface area contributed by atoms with Crippen molar-refractivity contribution in [3.63, 3.8) is 0 Å². The Hall–Kier alpha value is -0.590. The fraction of sp³-hybridized carbons (Fsp3) is 0.333. The van der Waals surface area contributed by atoms with Gasteiger partial charge in [0.05, 0.1) is 15.9 Å². The molecule has 0 saturated heterocycles. The molecule has 1 aromatic carbocycles. The fourth-order valence-electron chi connectivity index (χ4n) is 1.80. The molecule has 0 radical (unpaired) electrons. The number of rotatable bonds is 5. The predicted octanol–water partition coefficient (Wildman–Crippen LogP) is 5.46. The molecule has 1 aromatic heterocycles. The second-order valence-electron chi connectivity index (χ2n) is 4.83. The minimum absolute atomic E-state index is 0.353. The van der Waals surface area contributed by atoms with Crippen LogP contribution in [0, 0.1) is 0 Å². The zero-order valence-electron chi connectivity index (χ0n) is 12.2. The molecule has 0 aliphatic heterocycles. The van der Waals surface area contributed by atoms with E-state index in [1.807, 2.05) is 19.2 Å². The van der Waals surface area contributed by atoms with Crippen LogP contribution in [-0.4, -0.2) is 17.0 Å². The van der Waals surface area contributed by atoms with Crippen LogP contribution in [0.25, 0.3) is 0 Å². The summed E-state index contributed by atoms with van der Waals surface area (Å²) in [5, 5.41) is 3.12. The number of thioether (sulfide) groups is 1. The van der Waals surface area contributed by atoms with Gasteiger partial charge in [-0.2, -0.15) is 0 Å². The Morgan fingerprint density at radius 2 is 1.81 bits per heavy atom. The van der Waals surface area contributed by atoms with Crippen molar-refractivity contribution in [3.05, 3.63) is 44.7 Å². The summed E-state index contributed by atoms with van der Waals surface area (Å²) in [5.74, 6) is 2.80. The molecule has 0 fully saturated rings. The van der Waals surface area contributed by atoms with E-state index in [9.17, 15) is 0 Å². The van der Waals surface area contributed by atoms with Gasteiger partial charge in [0.25, 0.3) is 0 Å². The highest BCUT2D eigenvalue weighted by Gasteiger charge is 2.14. The smallest absolute Gasteiger partial charge is 0.144 e. The Labute approximate surface area is 146 Å². The number of anilines is 1. The van der Waals surface area contributed by atoms with Crippen LogP contribution >= 0.6 is 43.6 Å². The van der Waals surface area contributed by atoms with Gasteiger partial charge >= 0.3 is 0 Å². The first kappa shape index (κ1) is 16.8. The predicted molar refractivity (Wildman–Crippen MR) is 97.1 cm³/mol. The Balaban J connectivity index is 2.19. The Morgan fingerprint density at radius 3 is 2.38 bits per heavy atom. The molecule has 0 unspecified atom stereocenters. The highest BCUT2D eigenvalue weighted by molar-refractivity contribution is 9.11. The monoisotopic (exact) mass is 429 g/mol. The molecule has 2 rings (SSSR count). The fourth-order valence-corrected chi connectivity index (χ4v) is 3.66. The Morgan fingerprint density at radius 1 is 1.14 bits per heavy atom. The van der Waals surface area contributed by atoms with Crippen molar-refractivity contribution in [3.8, 4) is 0 Å². The maximum absolute atomic E-state index is 4.68. The Kier molecular flexibility index (Phi) is 6.08. The van der Waals surface area contributed by atoms with E-state index in [1.165, 1.54) is 4.90 Å². The van der Waals surface area contributed by atoms with Crippen LogP contribution in [0.2, 0.25) is 0 Å². The average Bonchev–Trinajstić information content (AvgIpc) is 2.47. The summed E-state index contributed by atoms with van der Waals surface area (Å²) in [7, 11) is 1.88. The average molecular weight is 431 g/mol. The van der Waals surface area contributed by atoms with E-state index in [-0.39, 0.29) is 0 Å². The molecule has 2 aromatic rings. The number of hydrogen-bond donors (Lipinski definition) is 1. The quantitative estimate of drug-likeness (QED) is 0.639. The van der Waals surface area contributed by atoms with E-state index in [4.69, 9.17) is 0 Å². The lowest BCUT2D eigenvalue weighted by atomic mass is 10.1. The summed E-state index contributed by atoms with van der Waals surface area (Å²) in [6.45, 7) is 4.27. The van der Waals surface area contributed by atoms with Gasteiger partial charge in [0.1, 0.15) is 11.6 Å². The van der Waals surface area contributed by atoms with Crippen molar-refractivity contribution >= 4 is 49.4 Å². The highest BCUT2D eigenvalue weighted by atomic mass is 79.9. The van der Waals surface area contributed by atoms with Crippen molar-refractivity contribution in [2.24, 2.45) is 0 Å². The lowest BCUT2D eigenvalue weighted by Gasteiger charge is -2.13. The zero-order valence-corrected chi connectivity index (χ0v) is 16.1. The third-order valence-electron chi connectivity index (χ3n) is 2.89. The van der Waals surface area contributed by atoms with Gasteiger partial charge in [0, 0.05) is 16.4 Å². The first-order valence-corrected chi connectivity index (χ1v) is 9.21. The topological polar surface area (TPSA) is 37.8 Å². The highest BCUT2D eigenvalue weighted by Crippen LogP contribution is 2.30. The number of halogens is 2. The normalized spacial score (nSPS) is 11.0. The van der Waals surface area contributed by atoms with Crippen LogP contribution in [0.4, 0.5) is 5.82 Å². The molecular weight excluding hydrogens is 414 g/mol. The standard InChI is InChI=1S/C15H17Br2N3S/c1-9(2)14-13(17)15(18-3)20-12(19-14)8-21-11-6-4-10(16)5-7-11/h4-7,9H,8H2,1-3H3,(H,18,19,20). The summed E-state index contributed by atoms with van der Waals surface area (Å²) in [5.41, 5.74) is 1.04. The molecule has 0 aliphatic carbocycles. The van der Waals surface area contributed by atoms with E-state index in [0.717, 1.165) is 32.0 Å². The van der Waals surface area contributed by atoms with Gasteiger partial charge in [-0.15, -0.1) is 11.8 Å². The molecule has 0 bridgehead atoms. The molecule has 3 nitrogen and oxygen atoms in total. The largest absolute Gasteiger partial charge is 0.372 e.